The molecule has 0 saturated carbocycles. The third-order valence-corrected chi connectivity index (χ3v) is 5.02. The van der Waals surface area contributed by atoms with Gasteiger partial charge in [-0.3, -0.25) is 9.69 Å². The first kappa shape index (κ1) is 19.2. The second-order valence-electron chi connectivity index (χ2n) is 6.88. The van der Waals surface area contributed by atoms with Crippen molar-refractivity contribution in [2.24, 2.45) is 4.99 Å². The molecule has 1 saturated heterocycles. The number of benzene rings is 1. The van der Waals surface area contributed by atoms with Crippen molar-refractivity contribution in [3.63, 3.8) is 0 Å². The lowest BCUT2D eigenvalue weighted by molar-refractivity contribution is -0.0484. The van der Waals surface area contributed by atoms with Crippen molar-refractivity contribution < 1.29 is 14.3 Å². The number of ether oxygens (including phenoxy) is 2. The molecular formula is C21H23N5O3. The summed E-state index contributed by atoms with van der Waals surface area (Å²) in [7, 11) is 3.57. The van der Waals surface area contributed by atoms with E-state index in [1.807, 2.05) is 30.3 Å². The molecule has 29 heavy (non-hydrogen) atoms. The van der Waals surface area contributed by atoms with Crippen LogP contribution < -0.4 is 4.74 Å². The van der Waals surface area contributed by atoms with Crippen LogP contribution in [0.5, 0.6) is 5.75 Å². The lowest BCUT2D eigenvalue weighted by atomic mass is 10.0. The van der Waals surface area contributed by atoms with Crippen molar-refractivity contribution in [3.05, 3.63) is 66.4 Å². The summed E-state index contributed by atoms with van der Waals surface area (Å²) in [5.41, 5.74) is 2.17. The fourth-order valence-electron chi connectivity index (χ4n) is 3.44. The minimum atomic E-state index is -0.533. The molecule has 8 heteroatoms. The van der Waals surface area contributed by atoms with Gasteiger partial charge in [0.05, 0.1) is 25.1 Å². The molecule has 3 heterocycles. The monoisotopic (exact) mass is 393 g/mol. The molecule has 150 valence electrons. The standard InChI is InChI=1S/C21H23N5O3/c1-25-10-8-18(17-7-9-22-14-23-17)24-21(25)26-11-12-29-19(13-26)20(27)15-3-5-16(28-2)6-4-15/h3-10,14,19,21H,11-13H2,1-2H3. The number of hydrogen-bond acceptors (Lipinski definition) is 8. The number of hydrogen-bond donors (Lipinski definition) is 0. The predicted octanol–water partition coefficient (Wildman–Crippen LogP) is 1.60. The molecule has 0 spiro atoms. The van der Waals surface area contributed by atoms with Crippen LogP contribution in [0.25, 0.3) is 0 Å². The van der Waals surface area contributed by atoms with E-state index in [0.717, 1.165) is 17.2 Å². The molecule has 1 aromatic heterocycles. The lowest BCUT2D eigenvalue weighted by Crippen LogP contribution is -2.54. The average molecular weight is 393 g/mol. The SMILES string of the molecule is COc1ccc(C(=O)C2CN(C3N=C(c4ccncn4)C=CN3C)CCO2)cc1. The molecule has 0 N–H and O–H groups in total. The number of ketones is 1. The highest BCUT2D eigenvalue weighted by atomic mass is 16.5. The summed E-state index contributed by atoms with van der Waals surface area (Å²) in [6.07, 6.45) is 6.36. The second-order valence-corrected chi connectivity index (χ2v) is 6.88. The molecule has 2 aliphatic heterocycles. The first-order valence-corrected chi connectivity index (χ1v) is 9.44. The topological polar surface area (TPSA) is 80.2 Å². The van der Waals surface area contributed by atoms with Gasteiger partial charge in [-0.1, -0.05) is 0 Å². The third kappa shape index (κ3) is 4.18. The maximum absolute atomic E-state index is 12.9. The van der Waals surface area contributed by atoms with Crippen LogP contribution in [0.2, 0.25) is 0 Å². The fraction of sp³-hybridized carbons (Fsp3) is 0.333. The summed E-state index contributed by atoms with van der Waals surface area (Å²) in [6.45, 7) is 1.63. The van der Waals surface area contributed by atoms with Crippen LogP contribution in [0.1, 0.15) is 16.1 Å². The summed E-state index contributed by atoms with van der Waals surface area (Å²) in [5, 5.41) is 0. The zero-order valence-corrected chi connectivity index (χ0v) is 16.4. The van der Waals surface area contributed by atoms with Crippen LogP contribution in [0.3, 0.4) is 0 Å². The zero-order chi connectivity index (χ0) is 20.2. The number of methoxy groups -OCH3 is 1. The average Bonchev–Trinajstić information content (AvgIpc) is 2.79. The maximum Gasteiger partial charge on any atom is 0.192 e. The molecule has 1 aromatic carbocycles. The van der Waals surface area contributed by atoms with Gasteiger partial charge in [0.25, 0.3) is 0 Å². The molecule has 2 atom stereocenters. The van der Waals surface area contributed by atoms with Crippen LogP contribution >= 0.6 is 0 Å². The van der Waals surface area contributed by atoms with E-state index in [1.54, 1.807) is 37.6 Å². The highest BCUT2D eigenvalue weighted by molar-refractivity contribution is 6.07. The largest absolute Gasteiger partial charge is 0.497 e. The molecule has 2 unspecified atom stereocenters. The number of carbonyl (C=O) groups excluding carboxylic acids is 1. The van der Waals surface area contributed by atoms with E-state index in [0.29, 0.717) is 25.3 Å². The van der Waals surface area contributed by atoms with E-state index in [4.69, 9.17) is 14.5 Å². The van der Waals surface area contributed by atoms with Gasteiger partial charge in [0.1, 0.15) is 18.2 Å². The minimum Gasteiger partial charge on any atom is -0.497 e. The number of morpholine rings is 1. The van der Waals surface area contributed by atoms with Crippen molar-refractivity contribution in [2.75, 3.05) is 33.9 Å². The molecule has 2 aliphatic rings. The van der Waals surface area contributed by atoms with Gasteiger partial charge in [-0.2, -0.15) is 0 Å². The van der Waals surface area contributed by atoms with E-state index in [9.17, 15) is 4.79 Å². The molecule has 8 nitrogen and oxygen atoms in total. The molecule has 4 rings (SSSR count). The molecular weight excluding hydrogens is 370 g/mol. The number of carbonyl (C=O) groups is 1. The van der Waals surface area contributed by atoms with E-state index < -0.39 is 6.10 Å². The Morgan fingerprint density at radius 3 is 2.79 bits per heavy atom. The Morgan fingerprint density at radius 1 is 1.24 bits per heavy atom. The van der Waals surface area contributed by atoms with Crippen LogP contribution in [0.4, 0.5) is 0 Å². The molecule has 0 amide bonds. The van der Waals surface area contributed by atoms with Crippen molar-refractivity contribution in [1.82, 2.24) is 19.8 Å². The van der Waals surface area contributed by atoms with Gasteiger partial charge in [0.2, 0.25) is 0 Å². The van der Waals surface area contributed by atoms with E-state index in [2.05, 4.69) is 14.9 Å². The molecule has 0 aliphatic carbocycles. The maximum atomic E-state index is 12.9. The second kappa shape index (κ2) is 8.50. The highest BCUT2D eigenvalue weighted by Gasteiger charge is 2.33. The highest BCUT2D eigenvalue weighted by Crippen LogP contribution is 2.20. The number of aliphatic imine (C=N–C) groups is 1. The quantitative estimate of drug-likeness (QED) is 0.714. The normalized spacial score (nSPS) is 22.3. The minimum absolute atomic E-state index is 0.0358. The van der Waals surface area contributed by atoms with Crippen LogP contribution in [-0.4, -0.2) is 77.5 Å². The summed E-state index contributed by atoms with van der Waals surface area (Å²) in [4.78, 5) is 30.2. The Balaban J connectivity index is 1.50. The lowest BCUT2D eigenvalue weighted by Gasteiger charge is -2.40. The van der Waals surface area contributed by atoms with Gasteiger partial charge in [-0.15, -0.1) is 0 Å². The molecule has 1 fully saturated rings. The van der Waals surface area contributed by atoms with Gasteiger partial charge in [-0.05, 0) is 36.4 Å². The number of Topliss-reactive ketones (excluding diaryl/α,β-unsaturated/α-hetero) is 1. The van der Waals surface area contributed by atoms with Crippen molar-refractivity contribution in [2.45, 2.75) is 12.4 Å². The van der Waals surface area contributed by atoms with Crippen LogP contribution in [0, 0.1) is 0 Å². The Morgan fingerprint density at radius 2 is 2.07 bits per heavy atom. The number of aromatic nitrogens is 2. The summed E-state index contributed by atoms with van der Waals surface area (Å²) < 4.78 is 11.0. The fourth-order valence-corrected chi connectivity index (χ4v) is 3.44. The van der Waals surface area contributed by atoms with Gasteiger partial charge >= 0.3 is 0 Å². The Kier molecular flexibility index (Phi) is 5.64. The van der Waals surface area contributed by atoms with Gasteiger partial charge in [0.15, 0.2) is 12.1 Å². The van der Waals surface area contributed by atoms with Crippen molar-refractivity contribution in [3.8, 4) is 5.75 Å². The smallest absolute Gasteiger partial charge is 0.192 e. The van der Waals surface area contributed by atoms with Gasteiger partial charge in [-0.25, -0.2) is 15.0 Å². The van der Waals surface area contributed by atoms with E-state index in [1.165, 1.54) is 6.33 Å². The van der Waals surface area contributed by atoms with E-state index >= 15 is 0 Å². The van der Waals surface area contributed by atoms with Crippen molar-refractivity contribution >= 4 is 11.5 Å². The predicted molar refractivity (Wildman–Crippen MR) is 108 cm³/mol. The summed E-state index contributed by atoms with van der Waals surface area (Å²) in [5.74, 6) is 0.682. The Bertz CT molecular complexity index is 914. The zero-order valence-electron chi connectivity index (χ0n) is 16.4. The van der Waals surface area contributed by atoms with Crippen LogP contribution in [-0.2, 0) is 4.74 Å². The van der Waals surface area contributed by atoms with E-state index in [-0.39, 0.29) is 12.1 Å². The first-order chi connectivity index (χ1) is 14.2. The Hall–Kier alpha value is -3.10. The van der Waals surface area contributed by atoms with Gasteiger partial charge in [0, 0.05) is 38.1 Å². The van der Waals surface area contributed by atoms with Crippen molar-refractivity contribution in [1.29, 1.82) is 0 Å². The Labute approximate surface area is 169 Å². The summed E-state index contributed by atoms with van der Waals surface area (Å²) in [6, 6.07) is 8.94. The third-order valence-electron chi connectivity index (χ3n) is 5.02. The number of allylic oxidation sites excluding steroid dienone is 1. The number of nitrogens with zero attached hydrogens (tertiary/aromatic N) is 5. The molecule has 0 bridgehead atoms. The molecule has 0 radical (unpaired) electrons. The van der Waals surface area contributed by atoms with Gasteiger partial charge < -0.3 is 14.4 Å². The first-order valence-electron chi connectivity index (χ1n) is 9.44. The molecule has 2 aromatic rings. The van der Waals surface area contributed by atoms with Crippen LogP contribution in [0.15, 0.2) is 60.1 Å². The summed E-state index contributed by atoms with van der Waals surface area (Å²) >= 11 is 0. The number of rotatable bonds is 5.